The van der Waals surface area contributed by atoms with Crippen molar-refractivity contribution < 1.29 is 4.39 Å². The number of nitrogens with two attached hydrogens (primary N) is 1. The minimum absolute atomic E-state index is 0.0248. The Morgan fingerprint density at radius 2 is 2.11 bits per heavy atom. The van der Waals surface area contributed by atoms with Crippen LogP contribution >= 0.6 is 11.3 Å². The lowest BCUT2D eigenvalue weighted by Gasteiger charge is -2.18. The molecule has 0 radical (unpaired) electrons. The van der Waals surface area contributed by atoms with Crippen molar-refractivity contribution in [2.45, 2.75) is 19.9 Å². The van der Waals surface area contributed by atoms with Crippen molar-refractivity contribution in [3.63, 3.8) is 0 Å². The van der Waals surface area contributed by atoms with Crippen molar-refractivity contribution in [3.8, 4) is 0 Å². The zero-order valence-corrected chi connectivity index (χ0v) is 11.4. The van der Waals surface area contributed by atoms with Crippen molar-refractivity contribution in [3.05, 3.63) is 51.5 Å². The Morgan fingerprint density at radius 3 is 2.67 bits per heavy atom. The van der Waals surface area contributed by atoms with Gasteiger partial charge in [-0.3, -0.25) is 0 Å². The van der Waals surface area contributed by atoms with Gasteiger partial charge in [0.1, 0.15) is 5.82 Å². The zero-order chi connectivity index (χ0) is 13.1. The molecular formula is C14H17FN2S. The molecule has 1 unspecified atom stereocenters. The van der Waals surface area contributed by atoms with Crippen molar-refractivity contribution in [1.29, 1.82) is 0 Å². The maximum absolute atomic E-state index is 13.1. The van der Waals surface area contributed by atoms with Crippen LogP contribution in [0.25, 0.3) is 0 Å². The van der Waals surface area contributed by atoms with E-state index >= 15 is 0 Å². The average molecular weight is 264 g/mol. The average Bonchev–Trinajstić information content (AvgIpc) is 2.65. The third kappa shape index (κ3) is 2.89. The van der Waals surface area contributed by atoms with Crippen LogP contribution in [-0.2, 0) is 0 Å². The molecule has 0 bridgehead atoms. The van der Waals surface area contributed by atoms with Gasteiger partial charge in [0, 0.05) is 22.0 Å². The predicted molar refractivity (Wildman–Crippen MR) is 75.6 cm³/mol. The van der Waals surface area contributed by atoms with Crippen LogP contribution in [-0.4, -0.2) is 6.54 Å². The molecule has 96 valence electrons. The number of rotatable bonds is 4. The molecule has 1 aromatic heterocycles. The van der Waals surface area contributed by atoms with E-state index in [4.69, 9.17) is 5.73 Å². The van der Waals surface area contributed by atoms with Crippen LogP contribution in [0, 0.1) is 19.7 Å². The summed E-state index contributed by atoms with van der Waals surface area (Å²) in [5.74, 6) is -0.242. The quantitative estimate of drug-likeness (QED) is 0.885. The highest BCUT2D eigenvalue weighted by molar-refractivity contribution is 7.12. The van der Waals surface area contributed by atoms with Gasteiger partial charge in [-0.25, -0.2) is 4.39 Å². The third-order valence-electron chi connectivity index (χ3n) is 2.86. The first-order valence-electron chi connectivity index (χ1n) is 5.89. The molecule has 1 heterocycles. The van der Waals surface area contributed by atoms with Gasteiger partial charge in [0.15, 0.2) is 0 Å². The third-order valence-corrected chi connectivity index (χ3v) is 3.84. The Bertz CT molecular complexity index is 536. The molecule has 18 heavy (non-hydrogen) atoms. The molecule has 1 aromatic carbocycles. The number of hydrogen-bond acceptors (Lipinski definition) is 3. The minimum Gasteiger partial charge on any atom is -0.377 e. The van der Waals surface area contributed by atoms with E-state index in [0.29, 0.717) is 6.54 Å². The molecule has 2 aromatic rings. The van der Waals surface area contributed by atoms with Gasteiger partial charge in [-0.1, -0.05) is 6.07 Å². The number of benzene rings is 1. The molecule has 0 aliphatic carbocycles. The maximum Gasteiger partial charge on any atom is 0.125 e. The molecule has 0 saturated heterocycles. The molecule has 2 nitrogen and oxygen atoms in total. The Labute approximate surface area is 111 Å². The van der Waals surface area contributed by atoms with Gasteiger partial charge >= 0.3 is 0 Å². The molecule has 0 saturated carbocycles. The summed E-state index contributed by atoms with van der Waals surface area (Å²) in [6, 6.07) is 8.62. The number of anilines is 1. The van der Waals surface area contributed by atoms with Crippen LogP contribution in [0.3, 0.4) is 0 Å². The van der Waals surface area contributed by atoms with E-state index in [-0.39, 0.29) is 11.9 Å². The molecule has 0 spiro atoms. The van der Waals surface area contributed by atoms with Crippen molar-refractivity contribution in [1.82, 2.24) is 0 Å². The first-order chi connectivity index (χ1) is 8.60. The number of nitrogens with one attached hydrogen (secondary N) is 1. The van der Waals surface area contributed by atoms with E-state index in [0.717, 1.165) is 5.69 Å². The summed E-state index contributed by atoms with van der Waals surface area (Å²) in [7, 11) is 0. The largest absolute Gasteiger partial charge is 0.377 e. The first kappa shape index (κ1) is 13.1. The number of aryl methyl sites for hydroxylation is 2. The summed E-state index contributed by atoms with van der Waals surface area (Å²) in [5.41, 5.74) is 7.77. The summed E-state index contributed by atoms with van der Waals surface area (Å²) < 4.78 is 13.1. The van der Waals surface area contributed by atoms with Gasteiger partial charge in [-0.2, -0.15) is 0 Å². The SMILES string of the molecule is Cc1cc(C(CN)Nc2cccc(F)c2)c(C)s1. The lowest BCUT2D eigenvalue weighted by atomic mass is 10.1. The molecule has 1 atom stereocenters. The van der Waals surface area contributed by atoms with Gasteiger partial charge < -0.3 is 11.1 Å². The Kier molecular flexibility index (Phi) is 3.99. The van der Waals surface area contributed by atoms with Crippen LogP contribution in [0.5, 0.6) is 0 Å². The van der Waals surface area contributed by atoms with E-state index in [2.05, 4.69) is 25.2 Å². The van der Waals surface area contributed by atoms with E-state index in [1.165, 1.54) is 27.5 Å². The fourth-order valence-electron chi connectivity index (χ4n) is 2.04. The van der Waals surface area contributed by atoms with E-state index < -0.39 is 0 Å². The fourth-order valence-corrected chi connectivity index (χ4v) is 3.03. The molecule has 0 fully saturated rings. The number of hydrogen-bond donors (Lipinski definition) is 2. The van der Waals surface area contributed by atoms with Crippen LogP contribution in [0.1, 0.15) is 21.4 Å². The summed E-state index contributed by atoms with van der Waals surface area (Å²) in [6.45, 7) is 4.65. The molecule has 0 aliphatic rings. The summed E-state index contributed by atoms with van der Waals surface area (Å²) in [6.07, 6.45) is 0. The topological polar surface area (TPSA) is 38.0 Å². The molecular weight excluding hydrogens is 247 g/mol. The predicted octanol–water partition coefficient (Wildman–Crippen LogP) is 3.62. The second kappa shape index (κ2) is 5.50. The van der Waals surface area contributed by atoms with E-state index in [1.807, 2.05) is 6.07 Å². The smallest absolute Gasteiger partial charge is 0.125 e. The Morgan fingerprint density at radius 1 is 1.33 bits per heavy atom. The number of halogens is 1. The van der Waals surface area contributed by atoms with Gasteiger partial charge in [0.05, 0.1) is 6.04 Å². The molecule has 4 heteroatoms. The van der Waals surface area contributed by atoms with Gasteiger partial charge in [-0.15, -0.1) is 11.3 Å². The van der Waals surface area contributed by atoms with Crippen LogP contribution < -0.4 is 11.1 Å². The van der Waals surface area contributed by atoms with Crippen LogP contribution in [0.4, 0.5) is 10.1 Å². The van der Waals surface area contributed by atoms with Crippen LogP contribution in [0.15, 0.2) is 30.3 Å². The highest BCUT2D eigenvalue weighted by atomic mass is 32.1. The summed E-state index contributed by atoms with van der Waals surface area (Å²) in [4.78, 5) is 2.52. The van der Waals surface area contributed by atoms with Crippen molar-refractivity contribution in [2.75, 3.05) is 11.9 Å². The fraction of sp³-hybridized carbons (Fsp3) is 0.286. The van der Waals surface area contributed by atoms with Gasteiger partial charge in [0.25, 0.3) is 0 Å². The molecule has 3 N–H and O–H groups in total. The van der Waals surface area contributed by atoms with Crippen LogP contribution in [0.2, 0.25) is 0 Å². The lowest BCUT2D eigenvalue weighted by molar-refractivity contribution is 0.627. The second-order valence-electron chi connectivity index (χ2n) is 4.31. The lowest BCUT2D eigenvalue weighted by Crippen LogP contribution is -2.20. The second-order valence-corrected chi connectivity index (χ2v) is 5.77. The Balaban J connectivity index is 2.22. The zero-order valence-electron chi connectivity index (χ0n) is 10.5. The maximum atomic E-state index is 13.1. The summed E-state index contributed by atoms with van der Waals surface area (Å²) in [5, 5.41) is 3.28. The minimum atomic E-state index is -0.242. The molecule has 0 aliphatic heterocycles. The van der Waals surface area contributed by atoms with Gasteiger partial charge in [0.2, 0.25) is 0 Å². The van der Waals surface area contributed by atoms with E-state index in [1.54, 1.807) is 17.4 Å². The van der Waals surface area contributed by atoms with E-state index in [9.17, 15) is 4.39 Å². The molecule has 0 amide bonds. The highest BCUT2D eigenvalue weighted by Gasteiger charge is 2.14. The standard InChI is InChI=1S/C14H17FN2S/c1-9-6-13(10(2)18-9)14(8-16)17-12-5-3-4-11(15)7-12/h3-7,14,17H,8,16H2,1-2H3. The summed E-state index contributed by atoms with van der Waals surface area (Å²) >= 11 is 1.76. The van der Waals surface area contributed by atoms with Gasteiger partial charge in [-0.05, 0) is 43.7 Å². The monoisotopic (exact) mass is 264 g/mol. The molecule has 2 rings (SSSR count). The number of thiophene rings is 1. The normalized spacial score (nSPS) is 12.4. The van der Waals surface area contributed by atoms with Crippen molar-refractivity contribution in [2.24, 2.45) is 5.73 Å². The first-order valence-corrected chi connectivity index (χ1v) is 6.71. The highest BCUT2D eigenvalue weighted by Crippen LogP contribution is 2.28. The Hall–Kier alpha value is -1.39. The van der Waals surface area contributed by atoms with Crippen molar-refractivity contribution >= 4 is 17.0 Å².